The molecule has 3 rings (SSSR count). The number of ether oxygens (including phenoxy) is 1. The van der Waals surface area contributed by atoms with Crippen molar-refractivity contribution in [2.75, 3.05) is 20.2 Å². The minimum absolute atomic E-state index is 0.316. The van der Waals surface area contributed by atoms with Crippen LogP contribution >= 0.6 is 0 Å². The van der Waals surface area contributed by atoms with Gasteiger partial charge >= 0.3 is 0 Å². The smallest absolute Gasteiger partial charge is 0.191 e. The van der Waals surface area contributed by atoms with E-state index in [-0.39, 0.29) is 5.82 Å². The Hall–Kier alpha value is -3.16. The highest BCUT2D eigenvalue weighted by atomic mass is 19.1. The molecule has 25 heavy (non-hydrogen) atoms. The van der Waals surface area contributed by atoms with Gasteiger partial charge in [0.25, 0.3) is 0 Å². The Bertz CT molecular complexity index is 863. The van der Waals surface area contributed by atoms with Gasteiger partial charge in [-0.2, -0.15) is 0 Å². The van der Waals surface area contributed by atoms with Gasteiger partial charge in [0.05, 0.1) is 13.1 Å². The van der Waals surface area contributed by atoms with E-state index < -0.39 is 0 Å². The number of nitrogens with zero attached hydrogens (tertiary/aromatic N) is 4. The molecule has 8 heteroatoms. The van der Waals surface area contributed by atoms with Crippen molar-refractivity contribution in [3.05, 3.63) is 60.3 Å². The summed E-state index contributed by atoms with van der Waals surface area (Å²) in [4.78, 5) is 4.15. The largest absolute Gasteiger partial charge is 0.492 e. The van der Waals surface area contributed by atoms with Gasteiger partial charge in [-0.25, -0.2) is 4.39 Å². The Labute approximate surface area is 144 Å². The molecule has 0 aliphatic rings. The third-order valence-corrected chi connectivity index (χ3v) is 3.48. The quantitative estimate of drug-likeness (QED) is 0.404. The van der Waals surface area contributed by atoms with E-state index in [1.807, 2.05) is 28.8 Å². The monoisotopic (exact) mass is 342 g/mol. The van der Waals surface area contributed by atoms with Gasteiger partial charge in [-0.3, -0.25) is 9.39 Å². The zero-order valence-corrected chi connectivity index (χ0v) is 13.8. The van der Waals surface area contributed by atoms with Crippen LogP contribution in [0, 0.1) is 5.82 Å². The summed E-state index contributed by atoms with van der Waals surface area (Å²) in [5, 5.41) is 14.6. The standard InChI is InChI=1S/C17H19FN6O/c1-19-17(20-8-10-25-14-6-4-5-13(18)11-14)21-12-16-23-22-15-7-2-3-9-24(15)16/h2-7,9,11H,8,10,12H2,1H3,(H2,19,20,21). The summed E-state index contributed by atoms with van der Waals surface area (Å²) >= 11 is 0. The van der Waals surface area contributed by atoms with E-state index in [0.29, 0.717) is 31.4 Å². The Morgan fingerprint density at radius 2 is 2.12 bits per heavy atom. The van der Waals surface area contributed by atoms with Crippen molar-refractivity contribution in [1.29, 1.82) is 0 Å². The molecule has 3 aromatic rings. The van der Waals surface area contributed by atoms with Gasteiger partial charge in [-0.1, -0.05) is 12.1 Å². The highest BCUT2D eigenvalue weighted by molar-refractivity contribution is 5.79. The molecule has 0 aliphatic heterocycles. The third kappa shape index (κ3) is 4.43. The van der Waals surface area contributed by atoms with E-state index in [2.05, 4.69) is 25.8 Å². The minimum atomic E-state index is -0.316. The molecule has 2 N–H and O–H groups in total. The van der Waals surface area contributed by atoms with Crippen LogP contribution in [0.5, 0.6) is 5.75 Å². The lowest BCUT2D eigenvalue weighted by molar-refractivity contribution is 0.320. The minimum Gasteiger partial charge on any atom is -0.492 e. The number of pyridine rings is 1. The molecule has 0 unspecified atom stereocenters. The number of aromatic nitrogens is 3. The van der Waals surface area contributed by atoms with E-state index >= 15 is 0 Å². The Balaban J connectivity index is 1.45. The molecule has 130 valence electrons. The SMILES string of the molecule is CN=C(NCCOc1cccc(F)c1)NCc1nnc2ccccn12. The fourth-order valence-corrected chi connectivity index (χ4v) is 2.29. The number of guanidine groups is 1. The lowest BCUT2D eigenvalue weighted by Crippen LogP contribution is -2.39. The van der Waals surface area contributed by atoms with Crippen molar-refractivity contribution in [2.45, 2.75) is 6.54 Å². The van der Waals surface area contributed by atoms with Gasteiger partial charge in [0.2, 0.25) is 0 Å². The zero-order valence-electron chi connectivity index (χ0n) is 13.8. The second kappa shape index (κ2) is 8.09. The predicted molar refractivity (Wildman–Crippen MR) is 93.1 cm³/mol. The molecule has 2 aromatic heterocycles. The molecule has 0 fully saturated rings. The van der Waals surface area contributed by atoms with Gasteiger partial charge in [0, 0.05) is 19.3 Å². The highest BCUT2D eigenvalue weighted by Crippen LogP contribution is 2.11. The molecule has 7 nitrogen and oxygen atoms in total. The first-order valence-electron chi connectivity index (χ1n) is 7.88. The van der Waals surface area contributed by atoms with E-state index in [9.17, 15) is 4.39 Å². The van der Waals surface area contributed by atoms with Crippen molar-refractivity contribution >= 4 is 11.6 Å². The average Bonchev–Trinajstić information content (AvgIpc) is 3.04. The fraction of sp³-hybridized carbons (Fsp3) is 0.235. The summed E-state index contributed by atoms with van der Waals surface area (Å²) in [6.07, 6.45) is 1.91. The van der Waals surface area contributed by atoms with E-state index in [0.717, 1.165) is 11.5 Å². The van der Waals surface area contributed by atoms with Gasteiger partial charge < -0.3 is 15.4 Å². The number of fused-ring (bicyclic) bond motifs is 1. The lowest BCUT2D eigenvalue weighted by atomic mass is 10.3. The van der Waals surface area contributed by atoms with Gasteiger partial charge in [-0.15, -0.1) is 10.2 Å². The van der Waals surface area contributed by atoms with Gasteiger partial charge in [-0.05, 0) is 24.3 Å². The first-order valence-corrected chi connectivity index (χ1v) is 7.88. The molecule has 0 aliphatic carbocycles. The highest BCUT2D eigenvalue weighted by Gasteiger charge is 2.05. The van der Waals surface area contributed by atoms with E-state index in [1.54, 1.807) is 19.2 Å². The van der Waals surface area contributed by atoms with Crippen molar-refractivity contribution in [2.24, 2.45) is 4.99 Å². The van der Waals surface area contributed by atoms with Gasteiger partial charge in [0.1, 0.15) is 18.2 Å². The van der Waals surface area contributed by atoms with Crippen LogP contribution in [0.4, 0.5) is 4.39 Å². The van der Waals surface area contributed by atoms with Crippen molar-refractivity contribution in [1.82, 2.24) is 25.2 Å². The second-order valence-electron chi connectivity index (χ2n) is 5.20. The van der Waals surface area contributed by atoms with Crippen LogP contribution < -0.4 is 15.4 Å². The molecule has 0 saturated carbocycles. The summed E-state index contributed by atoms with van der Waals surface area (Å²) < 4.78 is 20.5. The number of hydrogen-bond acceptors (Lipinski definition) is 4. The number of nitrogens with one attached hydrogen (secondary N) is 2. The van der Waals surface area contributed by atoms with Crippen molar-refractivity contribution < 1.29 is 9.13 Å². The summed E-state index contributed by atoms with van der Waals surface area (Å²) in [5.74, 6) is 1.59. The molecule has 0 spiro atoms. The predicted octanol–water partition coefficient (Wildman–Crippen LogP) is 1.61. The summed E-state index contributed by atoms with van der Waals surface area (Å²) in [7, 11) is 1.69. The molecular weight excluding hydrogens is 323 g/mol. The fourth-order valence-electron chi connectivity index (χ4n) is 2.29. The number of hydrogen-bond donors (Lipinski definition) is 2. The molecule has 0 amide bonds. The molecule has 1 aromatic carbocycles. The van der Waals surface area contributed by atoms with Crippen molar-refractivity contribution in [3.8, 4) is 5.75 Å². The van der Waals surface area contributed by atoms with Crippen LogP contribution in [0.2, 0.25) is 0 Å². The maximum absolute atomic E-state index is 13.1. The van der Waals surface area contributed by atoms with Crippen LogP contribution in [-0.2, 0) is 6.54 Å². The number of rotatable bonds is 6. The summed E-state index contributed by atoms with van der Waals surface area (Å²) in [6, 6.07) is 11.8. The maximum atomic E-state index is 13.1. The number of benzene rings is 1. The topological polar surface area (TPSA) is 75.8 Å². The van der Waals surface area contributed by atoms with Crippen LogP contribution in [0.15, 0.2) is 53.7 Å². The summed E-state index contributed by atoms with van der Waals surface area (Å²) in [6.45, 7) is 1.39. The molecule has 0 radical (unpaired) electrons. The van der Waals surface area contributed by atoms with Crippen LogP contribution in [0.3, 0.4) is 0 Å². The molecule has 0 saturated heterocycles. The number of halogens is 1. The van der Waals surface area contributed by atoms with E-state index in [4.69, 9.17) is 4.74 Å². The molecule has 2 heterocycles. The normalized spacial score (nSPS) is 11.5. The third-order valence-electron chi connectivity index (χ3n) is 3.48. The van der Waals surface area contributed by atoms with Crippen LogP contribution in [-0.4, -0.2) is 40.8 Å². The number of aliphatic imine (C=N–C) groups is 1. The summed E-state index contributed by atoms with van der Waals surface area (Å²) in [5.41, 5.74) is 0.797. The Morgan fingerprint density at radius 3 is 2.96 bits per heavy atom. The zero-order chi connectivity index (χ0) is 17.5. The van der Waals surface area contributed by atoms with E-state index in [1.165, 1.54) is 12.1 Å². The Kier molecular flexibility index (Phi) is 5.40. The first-order chi connectivity index (χ1) is 12.3. The molecule has 0 bridgehead atoms. The Morgan fingerprint density at radius 1 is 1.20 bits per heavy atom. The molecular formula is C17H19FN6O. The lowest BCUT2D eigenvalue weighted by Gasteiger charge is -2.12. The average molecular weight is 342 g/mol. The van der Waals surface area contributed by atoms with Crippen LogP contribution in [0.1, 0.15) is 5.82 Å². The van der Waals surface area contributed by atoms with Gasteiger partial charge in [0.15, 0.2) is 17.4 Å². The maximum Gasteiger partial charge on any atom is 0.191 e. The molecule has 0 atom stereocenters. The van der Waals surface area contributed by atoms with Crippen molar-refractivity contribution in [3.63, 3.8) is 0 Å². The van der Waals surface area contributed by atoms with Crippen LogP contribution in [0.25, 0.3) is 5.65 Å². The second-order valence-corrected chi connectivity index (χ2v) is 5.20. The first kappa shape index (κ1) is 16.7.